The van der Waals surface area contributed by atoms with Gasteiger partial charge in [-0.25, -0.2) is 4.98 Å². The standard InChI is InChI=1S/C21H24N3O2/c25-21(14-5-6-14)24-17(12-1-2-12)10-22-19(13-3-4-13)20(24)15-7-8-16-18(9-15)26-11-23-16/h3,7-9,11-14,17,19-20,22H,1-2,4-6,10H2. The molecule has 0 spiro atoms. The predicted octanol–water partition coefficient (Wildman–Crippen LogP) is 3.08. The third-order valence-electron chi connectivity index (χ3n) is 6.57. The van der Waals surface area contributed by atoms with Crippen molar-refractivity contribution in [1.29, 1.82) is 0 Å². The first-order valence-electron chi connectivity index (χ1n) is 10.0. The van der Waals surface area contributed by atoms with E-state index in [1.165, 1.54) is 24.8 Å². The number of nitrogens with one attached hydrogen (secondary N) is 1. The van der Waals surface area contributed by atoms with E-state index in [1.54, 1.807) is 0 Å². The van der Waals surface area contributed by atoms with E-state index >= 15 is 0 Å². The van der Waals surface area contributed by atoms with Crippen LogP contribution in [0.3, 0.4) is 0 Å². The van der Waals surface area contributed by atoms with Crippen molar-refractivity contribution < 1.29 is 9.21 Å². The highest BCUT2D eigenvalue weighted by atomic mass is 16.3. The van der Waals surface area contributed by atoms with Gasteiger partial charge in [-0.3, -0.25) is 4.79 Å². The Labute approximate surface area is 153 Å². The third kappa shape index (κ3) is 2.48. The summed E-state index contributed by atoms with van der Waals surface area (Å²) >= 11 is 0. The van der Waals surface area contributed by atoms with Crippen LogP contribution in [0.4, 0.5) is 0 Å². The number of rotatable bonds is 4. The molecule has 4 atom stereocenters. The van der Waals surface area contributed by atoms with Gasteiger partial charge in [-0.1, -0.05) is 6.07 Å². The molecule has 1 aromatic heterocycles. The van der Waals surface area contributed by atoms with Crippen molar-refractivity contribution in [1.82, 2.24) is 15.2 Å². The van der Waals surface area contributed by atoms with Crippen molar-refractivity contribution >= 4 is 17.0 Å². The van der Waals surface area contributed by atoms with E-state index in [0.717, 1.165) is 36.9 Å². The number of carbonyl (C=O) groups excluding carboxylic acids is 1. The molecule has 1 amide bonds. The molecular weight excluding hydrogens is 326 g/mol. The number of hydrogen-bond acceptors (Lipinski definition) is 4. The zero-order chi connectivity index (χ0) is 17.3. The van der Waals surface area contributed by atoms with Crippen molar-refractivity contribution in [3.05, 3.63) is 36.6 Å². The molecule has 4 fully saturated rings. The molecule has 5 heteroatoms. The van der Waals surface area contributed by atoms with Gasteiger partial charge in [0.15, 0.2) is 12.0 Å². The molecule has 3 aliphatic carbocycles. The molecule has 6 rings (SSSR count). The van der Waals surface area contributed by atoms with E-state index in [9.17, 15) is 4.79 Å². The molecule has 135 valence electrons. The maximum atomic E-state index is 13.3. The number of amides is 1. The Morgan fingerprint density at radius 1 is 1.23 bits per heavy atom. The number of oxazole rings is 1. The molecule has 5 nitrogen and oxygen atoms in total. The van der Waals surface area contributed by atoms with Crippen LogP contribution >= 0.6 is 0 Å². The molecule has 2 heterocycles. The van der Waals surface area contributed by atoms with E-state index in [1.807, 2.05) is 6.07 Å². The number of benzene rings is 1. The van der Waals surface area contributed by atoms with Crippen molar-refractivity contribution in [2.24, 2.45) is 17.8 Å². The maximum Gasteiger partial charge on any atom is 0.226 e. The van der Waals surface area contributed by atoms with Crippen molar-refractivity contribution in [3.8, 4) is 0 Å². The molecule has 3 saturated carbocycles. The zero-order valence-corrected chi connectivity index (χ0v) is 14.8. The normalized spacial score (nSPS) is 32.2. The van der Waals surface area contributed by atoms with Gasteiger partial charge in [0, 0.05) is 24.5 Å². The summed E-state index contributed by atoms with van der Waals surface area (Å²) in [6.07, 6.45) is 9.67. The van der Waals surface area contributed by atoms with E-state index in [4.69, 9.17) is 4.42 Å². The summed E-state index contributed by atoms with van der Waals surface area (Å²) in [6, 6.07) is 7.03. The van der Waals surface area contributed by atoms with Crippen LogP contribution in [-0.2, 0) is 4.79 Å². The van der Waals surface area contributed by atoms with E-state index in [2.05, 4.69) is 33.8 Å². The van der Waals surface area contributed by atoms with Crippen LogP contribution < -0.4 is 5.32 Å². The minimum absolute atomic E-state index is 0.0979. The molecule has 1 saturated heterocycles. The molecule has 4 aliphatic rings. The van der Waals surface area contributed by atoms with Crippen molar-refractivity contribution in [2.75, 3.05) is 6.54 Å². The second kappa shape index (κ2) is 5.56. The number of carbonyl (C=O) groups is 1. The Balaban J connectivity index is 1.44. The average molecular weight is 350 g/mol. The van der Waals surface area contributed by atoms with Crippen LogP contribution in [0.1, 0.15) is 43.7 Å². The van der Waals surface area contributed by atoms with Crippen molar-refractivity contribution in [2.45, 2.75) is 50.2 Å². The highest BCUT2D eigenvalue weighted by Crippen LogP contribution is 2.48. The van der Waals surface area contributed by atoms with Gasteiger partial charge in [-0.15, -0.1) is 0 Å². The fraction of sp³-hybridized carbons (Fsp3) is 0.571. The first-order chi connectivity index (χ1) is 12.8. The number of hydrogen-bond donors (Lipinski definition) is 1. The van der Waals surface area contributed by atoms with Gasteiger partial charge in [-0.05, 0) is 68.1 Å². The first kappa shape index (κ1) is 15.2. The number of nitrogens with zero attached hydrogens (tertiary/aromatic N) is 2. The molecule has 1 aromatic carbocycles. The highest BCUT2D eigenvalue weighted by Gasteiger charge is 2.52. The molecule has 1 N–H and O–H groups in total. The molecule has 1 aliphatic heterocycles. The predicted molar refractivity (Wildman–Crippen MR) is 97.0 cm³/mol. The Morgan fingerprint density at radius 2 is 2.08 bits per heavy atom. The van der Waals surface area contributed by atoms with Crippen LogP contribution in [0.15, 0.2) is 29.0 Å². The van der Waals surface area contributed by atoms with Gasteiger partial charge in [-0.2, -0.15) is 0 Å². The number of fused-ring (bicyclic) bond motifs is 1. The largest absolute Gasteiger partial charge is 0.443 e. The summed E-state index contributed by atoms with van der Waals surface area (Å²) in [6.45, 7) is 0.944. The third-order valence-corrected chi connectivity index (χ3v) is 6.57. The maximum absolute atomic E-state index is 13.3. The van der Waals surface area contributed by atoms with Gasteiger partial charge in [0.2, 0.25) is 5.91 Å². The summed E-state index contributed by atoms with van der Waals surface area (Å²) in [5, 5.41) is 3.82. The molecule has 1 radical (unpaired) electrons. The van der Waals surface area contributed by atoms with Gasteiger partial charge in [0.1, 0.15) is 5.52 Å². The van der Waals surface area contributed by atoms with Crippen LogP contribution in [0.25, 0.3) is 11.1 Å². The van der Waals surface area contributed by atoms with Crippen molar-refractivity contribution in [3.63, 3.8) is 0 Å². The fourth-order valence-electron chi connectivity index (χ4n) is 4.74. The smallest absolute Gasteiger partial charge is 0.226 e. The lowest BCUT2D eigenvalue weighted by atomic mass is 9.88. The lowest BCUT2D eigenvalue weighted by Gasteiger charge is -2.48. The summed E-state index contributed by atoms with van der Waals surface area (Å²) in [7, 11) is 0. The number of aromatic nitrogens is 1. The monoisotopic (exact) mass is 350 g/mol. The van der Waals surface area contributed by atoms with Gasteiger partial charge in [0.05, 0.1) is 6.04 Å². The Morgan fingerprint density at radius 3 is 2.81 bits per heavy atom. The minimum atomic E-state index is 0.0979. The Bertz CT molecular complexity index is 850. The van der Waals surface area contributed by atoms with Gasteiger partial charge in [0.25, 0.3) is 0 Å². The summed E-state index contributed by atoms with van der Waals surface area (Å²) in [4.78, 5) is 19.9. The Hall–Kier alpha value is -1.88. The minimum Gasteiger partial charge on any atom is -0.443 e. The van der Waals surface area contributed by atoms with E-state index in [-0.39, 0.29) is 12.0 Å². The second-order valence-electron chi connectivity index (χ2n) is 8.52. The van der Waals surface area contributed by atoms with E-state index in [0.29, 0.717) is 29.8 Å². The molecule has 26 heavy (non-hydrogen) atoms. The number of piperazine rings is 1. The fourth-order valence-corrected chi connectivity index (χ4v) is 4.74. The van der Waals surface area contributed by atoms with Crippen LogP contribution in [0.2, 0.25) is 0 Å². The summed E-state index contributed by atoms with van der Waals surface area (Å²) in [5.74, 6) is 1.89. The Kier molecular flexibility index (Phi) is 3.25. The topological polar surface area (TPSA) is 58.4 Å². The van der Waals surface area contributed by atoms with Crippen LogP contribution in [-0.4, -0.2) is 34.4 Å². The quantitative estimate of drug-likeness (QED) is 0.921. The molecule has 4 unspecified atom stereocenters. The van der Waals surface area contributed by atoms with Gasteiger partial charge < -0.3 is 14.6 Å². The van der Waals surface area contributed by atoms with Crippen LogP contribution in [0.5, 0.6) is 0 Å². The van der Waals surface area contributed by atoms with E-state index < -0.39 is 0 Å². The molecule has 0 bridgehead atoms. The lowest BCUT2D eigenvalue weighted by Crippen LogP contribution is -2.61. The summed E-state index contributed by atoms with van der Waals surface area (Å²) in [5.41, 5.74) is 2.88. The molecular formula is C21H24N3O2. The van der Waals surface area contributed by atoms with Gasteiger partial charge >= 0.3 is 0 Å². The van der Waals surface area contributed by atoms with Crippen LogP contribution in [0, 0.1) is 24.2 Å². The zero-order valence-electron chi connectivity index (χ0n) is 14.8. The first-order valence-corrected chi connectivity index (χ1v) is 10.0. The molecule has 2 aromatic rings. The highest BCUT2D eigenvalue weighted by molar-refractivity contribution is 5.82. The average Bonchev–Trinajstić information content (AvgIpc) is 3.53. The second-order valence-corrected chi connectivity index (χ2v) is 8.52. The SMILES string of the molecule is O=C(C1CC1)N1C(C2CC2)CNC(C2[CH]C2)C1c1ccc2ncoc2c1. The lowest BCUT2D eigenvalue weighted by molar-refractivity contribution is -0.141. The summed E-state index contributed by atoms with van der Waals surface area (Å²) < 4.78 is 5.56.